The standard InChI is InChI=1S/C14H12Cl2N2O3/c1-13(6-14(13,15)16)12(21)17-7-3-4-8-9(5-7)11(20)18(2)10(8)19/h3-5H,6H2,1-2H3,(H,17,21)/t13-/m0/s1. The second-order valence-electron chi connectivity index (χ2n) is 5.60. The molecule has 110 valence electrons. The van der Waals surface area contributed by atoms with Crippen molar-refractivity contribution in [3.05, 3.63) is 29.3 Å². The van der Waals surface area contributed by atoms with Gasteiger partial charge in [0.15, 0.2) is 0 Å². The molecule has 7 heteroatoms. The lowest BCUT2D eigenvalue weighted by molar-refractivity contribution is -0.120. The van der Waals surface area contributed by atoms with E-state index in [2.05, 4.69) is 5.32 Å². The molecule has 1 saturated carbocycles. The number of alkyl halides is 2. The average Bonchev–Trinajstić information content (AvgIpc) is 2.88. The molecule has 3 amide bonds. The van der Waals surface area contributed by atoms with E-state index in [1.807, 2.05) is 0 Å². The van der Waals surface area contributed by atoms with Crippen LogP contribution < -0.4 is 5.32 Å². The molecule has 2 aliphatic rings. The summed E-state index contributed by atoms with van der Waals surface area (Å²) in [4.78, 5) is 36.9. The first-order valence-electron chi connectivity index (χ1n) is 6.33. The maximum absolute atomic E-state index is 12.2. The molecule has 3 rings (SSSR count). The van der Waals surface area contributed by atoms with Crippen molar-refractivity contribution in [3.8, 4) is 0 Å². The number of carbonyl (C=O) groups is 3. The maximum Gasteiger partial charge on any atom is 0.261 e. The fraction of sp³-hybridized carbons (Fsp3) is 0.357. The third-order valence-corrected chi connectivity index (χ3v) is 5.21. The Morgan fingerprint density at radius 2 is 1.81 bits per heavy atom. The average molecular weight is 327 g/mol. The van der Waals surface area contributed by atoms with Gasteiger partial charge in [-0.15, -0.1) is 23.2 Å². The quantitative estimate of drug-likeness (QED) is 0.670. The Morgan fingerprint density at radius 1 is 1.24 bits per heavy atom. The summed E-state index contributed by atoms with van der Waals surface area (Å²) in [6, 6.07) is 4.60. The van der Waals surface area contributed by atoms with Crippen LogP contribution in [0.5, 0.6) is 0 Å². The van der Waals surface area contributed by atoms with Crippen LogP contribution in [0.2, 0.25) is 0 Å². The highest BCUT2D eigenvalue weighted by molar-refractivity contribution is 6.53. The smallest absolute Gasteiger partial charge is 0.261 e. The third-order valence-electron chi connectivity index (χ3n) is 4.11. The molecule has 5 nitrogen and oxygen atoms in total. The van der Waals surface area contributed by atoms with Crippen molar-refractivity contribution in [2.45, 2.75) is 17.7 Å². The number of hydrogen-bond donors (Lipinski definition) is 1. The van der Waals surface area contributed by atoms with Crippen LogP contribution in [-0.2, 0) is 4.79 Å². The van der Waals surface area contributed by atoms with Crippen molar-refractivity contribution in [2.75, 3.05) is 12.4 Å². The molecule has 1 heterocycles. The van der Waals surface area contributed by atoms with Crippen molar-refractivity contribution in [1.82, 2.24) is 4.90 Å². The summed E-state index contributed by atoms with van der Waals surface area (Å²) in [7, 11) is 1.42. The molecule has 1 aliphatic heterocycles. The van der Waals surface area contributed by atoms with Crippen molar-refractivity contribution in [2.24, 2.45) is 5.41 Å². The van der Waals surface area contributed by atoms with Crippen LogP contribution >= 0.6 is 23.2 Å². The fourth-order valence-corrected chi connectivity index (χ4v) is 3.06. The van der Waals surface area contributed by atoms with Gasteiger partial charge in [0.05, 0.1) is 16.5 Å². The van der Waals surface area contributed by atoms with E-state index in [-0.39, 0.29) is 23.3 Å². The number of hydrogen-bond acceptors (Lipinski definition) is 3. The Labute approximate surface area is 131 Å². The minimum Gasteiger partial charge on any atom is -0.325 e. The van der Waals surface area contributed by atoms with Gasteiger partial charge in [0.25, 0.3) is 11.8 Å². The minimum atomic E-state index is -1.06. The molecule has 1 atom stereocenters. The summed E-state index contributed by atoms with van der Waals surface area (Å²) in [6.07, 6.45) is 0.375. The monoisotopic (exact) mass is 326 g/mol. The first kappa shape index (κ1) is 14.4. The van der Waals surface area contributed by atoms with E-state index >= 15 is 0 Å². The van der Waals surface area contributed by atoms with Crippen molar-refractivity contribution >= 4 is 46.6 Å². The lowest BCUT2D eigenvalue weighted by Gasteiger charge is -2.13. The number of imide groups is 1. The largest absolute Gasteiger partial charge is 0.325 e. The SMILES string of the molecule is CN1C(=O)c2ccc(NC(=O)[C@]3(C)CC3(Cl)Cl)cc2C1=O. The number of nitrogens with zero attached hydrogens (tertiary/aromatic N) is 1. The van der Waals surface area contributed by atoms with E-state index in [0.717, 1.165) is 4.90 Å². The molecule has 1 aliphatic carbocycles. The van der Waals surface area contributed by atoms with Gasteiger partial charge in [0.1, 0.15) is 4.33 Å². The molecule has 0 unspecified atom stereocenters. The highest BCUT2D eigenvalue weighted by Gasteiger charge is 2.67. The molecule has 1 aromatic carbocycles. The number of rotatable bonds is 2. The molecule has 1 N–H and O–H groups in total. The molecule has 0 spiro atoms. The predicted molar refractivity (Wildman–Crippen MR) is 78.7 cm³/mol. The van der Waals surface area contributed by atoms with E-state index in [0.29, 0.717) is 17.7 Å². The highest BCUT2D eigenvalue weighted by Crippen LogP contribution is 2.64. The van der Waals surface area contributed by atoms with E-state index in [1.54, 1.807) is 13.0 Å². The van der Waals surface area contributed by atoms with Gasteiger partial charge in [-0.05, 0) is 31.5 Å². The van der Waals surface area contributed by atoms with Crippen LogP contribution in [0, 0.1) is 5.41 Å². The van der Waals surface area contributed by atoms with Crippen molar-refractivity contribution < 1.29 is 14.4 Å². The number of nitrogens with one attached hydrogen (secondary N) is 1. The fourth-order valence-electron chi connectivity index (χ4n) is 2.35. The molecule has 1 fully saturated rings. The van der Waals surface area contributed by atoms with E-state index in [1.165, 1.54) is 19.2 Å². The van der Waals surface area contributed by atoms with Crippen LogP contribution in [0.4, 0.5) is 5.69 Å². The molecule has 0 saturated heterocycles. The number of benzene rings is 1. The first-order chi connectivity index (χ1) is 9.67. The number of amides is 3. The van der Waals surface area contributed by atoms with Gasteiger partial charge in [-0.3, -0.25) is 19.3 Å². The lowest BCUT2D eigenvalue weighted by Crippen LogP contribution is -2.26. The Kier molecular flexibility index (Phi) is 2.88. The zero-order valence-corrected chi connectivity index (χ0v) is 12.9. The molecule has 0 radical (unpaired) electrons. The Hall–Kier alpha value is -1.59. The van der Waals surface area contributed by atoms with E-state index in [9.17, 15) is 14.4 Å². The lowest BCUT2D eigenvalue weighted by atomic mass is 10.1. The van der Waals surface area contributed by atoms with Crippen LogP contribution in [0.3, 0.4) is 0 Å². The molecular formula is C14H12Cl2N2O3. The normalized spacial score (nSPS) is 25.8. The zero-order chi connectivity index (χ0) is 15.6. The summed E-state index contributed by atoms with van der Waals surface area (Å²) < 4.78 is -1.06. The highest BCUT2D eigenvalue weighted by atomic mass is 35.5. The van der Waals surface area contributed by atoms with Gasteiger partial charge in [-0.1, -0.05) is 0 Å². The number of carbonyl (C=O) groups excluding carboxylic acids is 3. The summed E-state index contributed by atoms with van der Waals surface area (Å²) in [5.41, 5.74) is 0.213. The minimum absolute atomic E-state index is 0.282. The third kappa shape index (κ3) is 1.95. The van der Waals surface area contributed by atoms with Crippen LogP contribution in [0.25, 0.3) is 0 Å². The van der Waals surface area contributed by atoms with Gasteiger partial charge in [0.2, 0.25) is 5.91 Å². The Bertz CT molecular complexity index is 701. The van der Waals surface area contributed by atoms with Gasteiger partial charge in [-0.2, -0.15) is 0 Å². The second-order valence-corrected chi connectivity index (χ2v) is 7.08. The number of halogens is 2. The number of fused-ring (bicyclic) bond motifs is 1. The van der Waals surface area contributed by atoms with Crippen molar-refractivity contribution in [3.63, 3.8) is 0 Å². The van der Waals surface area contributed by atoms with Gasteiger partial charge in [0, 0.05) is 12.7 Å². The van der Waals surface area contributed by atoms with Crippen molar-refractivity contribution in [1.29, 1.82) is 0 Å². The molecule has 21 heavy (non-hydrogen) atoms. The first-order valence-corrected chi connectivity index (χ1v) is 7.09. The van der Waals surface area contributed by atoms with Gasteiger partial charge < -0.3 is 5.32 Å². The molecule has 0 bridgehead atoms. The summed E-state index contributed by atoms with van der Waals surface area (Å²) >= 11 is 11.9. The topological polar surface area (TPSA) is 66.5 Å². The van der Waals surface area contributed by atoms with Crippen LogP contribution in [0.1, 0.15) is 34.1 Å². The van der Waals surface area contributed by atoms with E-state index < -0.39 is 9.75 Å². The molecular weight excluding hydrogens is 315 g/mol. The Morgan fingerprint density at radius 3 is 2.38 bits per heavy atom. The van der Waals surface area contributed by atoms with Crippen LogP contribution in [-0.4, -0.2) is 34.0 Å². The summed E-state index contributed by atoms with van der Waals surface area (Å²) in [6.45, 7) is 1.68. The summed E-state index contributed by atoms with van der Waals surface area (Å²) in [5.74, 6) is -1.03. The predicted octanol–water partition coefficient (Wildman–Crippen LogP) is 2.43. The molecule has 1 aromatic rings. The Balaban J connectivity index is 1.85. The molecule has 0 aromatic heterocycles. The second kappa shape index (κ2) is 4.21. The zero-order valence-electron chi connectivity index (χ0n) is 11.4. The van der Waals surface area contributed by atoms with Gasteiger partial charge >= 0.3 is 0 Å². The summed E-state index contributed by atoms with van der Waals surface area (Å²) in [5, 5.41) is 2.69. The number of anilines is 1. The maximum atomic E-state index is 12.2. The van der Waals surface area contributed by atoms with E-state index in [4.69, 9.17) is 23.2 Å². The van der Waals surface area contributed by atoms with Gasteiger partial charge in [-0.25, -0.2) is 0 Å². The van der Waals surface area contributed by atoms with Crippen LogP contribution in [0.15, 0.2) is 18.2 Å².